The molecule has 1 aliphatic heterocycles. The highest BCUT2D eigenvalue weighted by Gasteiger charge is 2.19. The minimum atomic E-state index is -3.86. The average molecular weight is 290 g/mol. The van der Waals surface area contributed by atoms with Gasteiger partial charge in [0.05, 0.1) is 4.90 Å². The number of hydrogen-bond donors (Lipinski definition) is 2. The summed E-state index contributed by atoms with van der Waals surface area (Å²) >= 11 is 0. The predicted octanol–water partition coefficient (Wildman–Crippen LogP) is 1.24. The first-order chi connectivity index (χ1) is 8.97. The van der Waals surface area contributed by atoms with Crippen LogP contribution in [0.15, 0.2) is 23.1 Å². The zero-order valence-corrected chi connectivity index (χ0v) is 11.1. The van der Waals surface area contributed by atoms with Gasteiger partial charge in [-0.25, -0.2) is 21.9 Å². The molecule has 1 aromatic carbocycles. The zero-order chi connectivity index (χ0) is 13.9. The van der Waals surface area contributed by atoms with Gasteiger partial charge in [-0.3, -0.25) is 0 Å². The van der Waals surface area contributed by atoms with Crippen LogP contribution in [0.3, 0.4) is 0 Å². The van der Waals surface area contributed by atoms with E-state index < -0.39 is 21.7 Å². The minimum absolute atomic E-state index is 0.259. The maximum absolute atomic E-state index is 13.0. The van der Waals surface area contributed by atoms with Crippen LogP contribution in [0.1, 0.15) is 12.8 Å². The standard InChI is InChI=1S/C12H16F2N2O2S/c13-10-5-11(14)7-12(6-10)19(17,18)16-8-9-1-3-15-4-2-9/h5-7,9,15-16H,1-4,8H2. The van der Waals surface area contributed by atoms with E-state index in [1.165, 1.54) is 0 Å². The molecule has 0 aliphatic carbocycles. The highest BCUT2D eigenvalue weighted by molar-refractivity contribution is 7.89. The molecule has 0 unspecified atom stereocenters. The summed E-state index contributed by atoms with van der Waals surface area (Å²) in [7, 11) is -3.86. The van der Waals surface area contributed by atoms with E-state index in [9.17, 15) is 17.2 Å². The van der Waals surface area contributed by atoms with E-state index in [1.54, 1.807) is 0 Å². The molecule has 0 atom stereocenters. The molecule has 106 valence electrons. The van der Waals surface area contributed by atoms with Gasteiger partial charge < -0.3 is 5.32 Å². The van der Waals surface area contributed by atoms with Crippen molar-refractivity contribution < 1.29 is 17.2 Å². The van der Waals surface area contributed by atoms with E-state index in [0.717, 1.165) is 38.1 Å². The fourth-order valence-corrected chi connectivity index (χ4v) is 3.24. The maximum Gasteiger partial charge on any atom is 0.240 e. The SMILES string of the molecule is O=S(=O)(NCC1CCNCC1)c1cc(F)cc(F)c1. The quantitative estimate of drug-likeness (QED) is 0.877. The molecule has 2 rings (SSSR count). The van der Waals surface area contributed by atoms with Gasteiger partial charge in [0.15, 0.2) is 0 Å². The van der Waals surface area contributed by atoms with Gasteiger partial charge >= 0.3 is 0 Å². The van der Waals surface area contributed by atoms with Crippen LogP contribution in [0, 0.1) is 17.6 Å². The Morgan fingerprint density at radius 3 is 2.32 bits per heavy atom. The normalized spacial score (nSPS) is 17.6. The molecule has 19 heavy (non-hydrogen) atoms. The molecule has 0 amide bonds. The Balaban J connectivity index is 2.04. The van der Waals surface area contributed by atoms with E-state index in [1.807, 2.05) is 0 Å². The van der Waals surface area contributed by atoms with Crippen molar-refractivity contribution in [1.82, 2.24) is 10.0 Å². The fourth-order valence-electron chi connectivity index (χ4n) is 2.08. The molecule has 0 saturated carbocycles. The summed E-state index contributed by atoms with van der Waals surface area (Å²) in [5.41, 5.74) is 0. The maximum atomic E-state index is 13.0. The Labute approximate surface area is 111 Å². The van der Waals surface area contributed by atoms with Crippen LogP contribution in [0.2, 0.25) is 0 Å². The summed E-state index contributed by atoms with van der Waals surface area (Å²) in [5, 5.41) is 3.18. The first kappa shape index (κ1) is 14.4. The molecule has 1 heterocycles. The molecule has 7 heteroatoms. The molecule has 0 radical (unpaired) electrons. The van der Waals surface area contributed by atoms with Crippen molar-refractivity contribution in [1.29, 1.82) is 0 Å². The fraction of sp³-hybridized carbons (Fsp3) is 0.500. The molecule has 4 nitrogen and oxygen atoms in total. The molecule has 1 aliphatic rings. The number of nitrogens with one attached hydrogen (secondary N) is 2. The predicted molar refractivity (Wildman–Crippen MR) is 67.1 cm³/mol. The van der Waals surface area contributed by atoms with E-state index in [4.69, 9.17) is 0 Å². The third-order valence-corrected chi connectivity index (χ3v) is 4.57. The van der Waals surface area contributed by atoms with Crippen molar-refractivity contribution >= 4 is 10.0 Å². The van der Waals surface area contributed by atoms with Gasteiger partial charge in [-0.05, 0) is 44.0 Å². The van der Waals surface area contributed by atoms with Crippen molar-refractivity contribution in [3.8, 4) is 0 Å². The highest BCUT2D eigenvalue weighted by Crippen LogP contribution is 2.15. The molecular weight excluding hydrogens is 274 g/mol. The third-order valence-electron chi connectivity index (χ3n) is 3.17. The first-order valence-electron chi connectivity index (χ1n) is 6.14. The second-order valence-electron chi connectivity index (χ2n) is 4.65. The summed E-state index contributed by atoms with van der Waals surface area (Å²) in [6, 6.07) is 2.27. The lowest BCUT2D eigenvalue weighted by molar-refractivity contribution is 0.372. The summed E-state index contributed by atoms with van der Waals surface area (Å²) in [5.74, 6) is -1.54. The van der Waals surface area contributed by atoms with Crippen molar-refractivity contribution in [3.05, 3.63) is 29.8 Å². The van der Waals surface area contributed by atoms with Crippen LogP contribution in [-0.2, 0) is 10.0 Å². The van der Waals surface area contributed by atoms with Crippen LogP contribution in [0.4, 0.5) is 8.78 Å². The van der Waals surface area contributed by atoms with E-state index in [0.29, 0.717) is 12.6 Å². The summed E-state index contributed by atoms with van der Waals surface area (Å²) in [4.78, 5) is -0.376. The van der Waals surface area contributed by atoms with Crippen LogP contribution in [0.25, 0.3) is 0 Å². The Kier molecular flexibility index (Phi) is 4.49. The van der Waals surface area contributed by atoms with E-state index >= 15 is 0 Å². The van der Waals surface area contributed by atoms with Crippen molar-refractivity contribution in [2.24, 2.45) is 5.92 Å². The van der Waals surface area contributed by atoms with Gasteiger partial charge in [-0.2, -0.15) is 0 Å². The molecular formula is C12H16F2N2O2S. The molecule has 1 fully saturated rings. The zero-order valence-electron chi connectivity index (χ0n) is 10.3. The third kappa shape index (κ3) is 3.95. The number of hydrogen-bond acceptors (Lipinski definition) is 3. The van der Waals surface area contributed by atoms with Gasteiger partial charge in [0.1, 0.15) is 11.6 Å². The number of piperidine rings is 1. The average Bonchev–Trinajstić information content (AvgIpc) is 2.37. The molecule has 0 bridgehead atoms. The van der Waals surface area contributed by atoms with Crippen LogP contribution in [0.5, 0.6) is 0 Å². The molecule has 0 spiro atoms. The number of sulfonamides is 1. The number of benzene rings is 1. The van der Waals surface area contributed by atoms with Crippen molar-refractivity contribution in [3.63, 3.8) is 0 Å². The van der Waals surface area contributed by atoms with Gasteiger partial charge in [-0.1, -0.05) is 0 Å². The van der Waals surface area contributed by atoms with Gasteiger partial charge in [0, 0.05) is 12.6 Å². The minimum Gasteiger partial charge on any atom is -0.317 e. The van der Waals surface area contributed by atoms with Crippen LogP contribution in [-0.4, -0.2) is 28.1 Å². The second-order valence-corrected chi connectivity index (χ2v) is 6.42. The lowest BCUT2D eigenvalue weighted by atomic mass is 9.99. The second kappa shape index (κ2) is 5.94. The molecule has 1 saturated heterocycles. The van der Waals surface area contributed by atoms with E-state index in [2.05, 4.69) is 10.0 Å². The lowest BCUT2D eigenvalue weighted by Gasteiger charge is -2.22. The van der Waals surface area contributed by atoms with Crippen molar-refractivity contribution in [2.75, 3.05) is 19.6 Å². The Morgan fingerprint density at radius 1 is 1.16 bits per heavy atom. The largest absolute Gasteiger partial charge is 0.317 e. The monoisotopic (exact) mass is 290 g/mol. The van der Waals surface area contributed by atoms with Gasteiger partial charge in [0.2, 0.25) is 10.0 Å². The molecule has 0 aromatic heterocycles. The van der Waals surface area contributed by atoms with Crippen LogP contribution < -0.4 is 10.0 Å². The summed E-state index contributed by atoms with van der Waals surface area (Å²) < 4.78 is 52.3. The number of halogens is 2. The summed E-state index contributed by atoms with van der Waals surface area (Å²) in [6.07, 6.45) is 1.78. The van der Waals surface area contributed by atoms with Crippen LogP contribution >= 0.6 is 0 Å². The highest BCUT2D eigenvalue weighted by atomic mass is 32.2. The Hall–Kier alpha value is -1.05. The molecule has 1 aromatic rings. The van der Waals surface area contributed by atoms with Gasteiger partial charge in [0.25, 0.3) is 0 Å². The Bertz CT molecular complexity index is 522. The topological polar surface area (TPSA) is 58.2 Å². The molecule has 2 N–H and O–H groups in total. The van der Waals surface area contributed by atoms with Gasteiger partial charge in [-0.15, -0.1) is 0 Å². The number of rotatable bonds is 4. The Morgan fingerprint density at radius 2 is 1.74 bits per heavy atom. The first-order valence-corrected chi connectivity index (χ1v) is 7.62. The summed E-state index contributed by atoms with van der Waals surface area (Å²) in [6.45, 7) is 2.02. The smallest absolute Gasteiger partial charge is 0.240 e. The lowest BCUT2D eigenvalue weighted by Crippen LogP contribution is -2.36. The van der Waals surface area contributed by atoms with E-state index in [-0.39, 0.29) is 10.8 Å². The van der Waals surface area contributed by atoms with Crippen molar-refractivity contribution in [2.45, 2.75) is 17.7 Å².